The van der Waals surface area contributed by atoms with Crippen molar-refractivity contribution in [3.05, 3.63) is 29.8 Å². The zero-order chi connectivity index (χ0) is 16.1. The summed E-state index contributed by atoms with van der Waals surface area (Å²) >= 11 is 0. The summed E-state index contributed by atoms with van der Waals surface area (Å²) in [7, 11) is -3.37. The number of hydrogen-bond acceptors (Lipinski definition) is 3. The van der Waals surface area contributed by atoms with E-state index in [1.54, 1.807) is 12.1 Å². The van der Waals surface area contributed by atoms with Crippen molar-refractivity contribution in [2.75, 3.05) is 13.1 Å². The van der Waals surface area contributed by atoms with Crippen molar-refractivity contribution in [3.63, 3.8) is 0 Å². The molecule has 2 N–H and O–H groups in total. The van der Waals surface area contributed by atoms with Gasteiger partial charge in [0.25, 0.3) is 0 Å². The van der Waals surface area contributed by atoms with Gasteiger partial charge in [0.2, 0.25) is 10.0 Å². The van der Waals surface area contributed by atoms with E-state index in [9.17, 15) is 8.42 Å². The highest BCUT2D eigenvalue weighted by Crippen LogP contribution is 2.22. The normalized spacial score (nSPS) is 21.4. The van der Waals surface area contributed by atoms with Crippen LogP contribution in [0.25, 0.3) is 0 Å². The van der Waals surface area contributed by atoms with Crippen LogP contribution >= 0.6 is 0 Å². The molecule has 0 atom stereocenters. The molecular formula is C18H28N2O2S. The van der Waals surface area contributed by atoms with Gasteiger partial charge in [-0.05, 0) is 68.8 Å². The number of rotatable bonds is 5. The van der Waals surface area contributed by atoms with Gasteiger partial charge in [-0.15, -0.1) is 0 Å². The summed E-state index contributed by atoms with van der Waals surface area (Å²) in [5.41, 5.74) is 1.24. The molecule has 1 aliphatic carbocycles. The van der Waals surface area contributed by atoms with Gasteiger partial charge in [-0.25, -0.2) is 13.1 Å². The van der Waals surface area contributed by atoms with E-state index in [0.29, 0.717) is 4.90 Å². The van der Waals surface area contributed by atoms with Crippen LogP contribution in [-0.4, -0.2) is 27.5 Å². The number of benzene rings is 1. The summed E-state index contributed by atoms with van der Waals surface area (Å²) < 4.78 is 27.8. The molecule has 2 fully saturated rings. The molecule has 0 unspecified atom stereocenters. The first kappa shape index (κ1) is 16.9. The molecule has 1 aromatic carbocycles. The molecule has 0 bridgehead atoms. The van der Waals surface area contributed by atoms with Gasteiger partial charge in [0.05, 0.1) is 4.90 Å². The monoisotopic (exact) mass is 336 g/mol. The number of sulfonamides is 1. The molecule has 1 aliphatic heterocycles. The van der Waals surface area contributed by atoms with Crippen LogP contribution < -0.4 is 10.0 Å². The minimum absolute atomic E-state index is 0.114. The highest BCUT2D eigenvalue weighted by Gasteiger charge is 2.22. The molecule has 0 aromatic heterocycles. The quantitative estimate of drug-likeness (QED) is 0.869. The molecule has 128 valence electrons. The van der Waals surface area contributed by atoms with Gasteiger partial charge < -0.3 is 5.32 Å². The minimum Gasteiger partial charge on any atom is -0.317 e. The van der Waals surface area contributed by atoms with Crippen molar-refractivity contribution in [3.8, 4) is 0 Å². The van der Waals surface area contributed by atoms with Gasteiger partial charge in [0.1, 0.15) is 0 Å². The molecule has 5 heteroatoms. The average molecular weight is 337 g/mol. The zero-order valence-corrected chi connectivity index (χ0v) is 14.6. The zero-order valence-electron chi connectivity index (χ0n) is 13.8. The van der Waals surface area contributed by atoms with Crippen LogP contribution in [0.5, 0.6) is 0 Å². The summed E-state index contributed by atoms with van der Waals surface area (Å²) in [4.78, 5) is 0.400. The minimum atomic E-state index is -3.37. The maximum atomic E-state index is 12.5. The van der Waals surface area contributed by atoms with Crippen molar-refractivity contribution in [1.82, 2.24) is 10.0 Å². The fourth-order valence-corrected chi connectivity index (χ4v) is 5.04. The molecule has 23 heavy (non-hydrogen) atoms. The second-order valence-electron chi connectivity index (χ2n) is 7.00. The maximum absolute atomic E-state index is 12.5. The van der Waals surface area contributed by atoms with Crippen LogP contribution in [0.15, 0.2) is 29.2 Å². The third kappa shape index (κ3) is 4.78. The van der Waals surface area contributed by atoms with Gasteiger partial charge in [0.15, 0.2) is 0 Å². The lowest BCUT2D eigenvalue weighted by Crippen LogP contribution is -2.36. The second kappa shape index (κ2) is 7.77. The summed E-state index contributed by atoms with van der Waals surface area (Å²) in [6, 6.07) is 7.61. The molecule has 0 radical (unpaired) electrons. The SMILES string of the molecule is O=S(=O)(NC1CCCCC1)c1ccc(CC2CCNCC2)cc1. The Morgan fingerprint density at radius 3 is 2.26 bits per heavy atom. The number of hydrogen-bond donors (Lipinski definition) is 2. The summed E-state index contributed by atoms with van der Waals surface area (Å²) in [5.74, 6) is 0.721. The predicted octanol–water partition coefficient (Wildman–Crippen LogP) is 2.84. The lowest BCUT2D eigenvalue weighted by molar-refractivity contribution is 0.372. The molecular weight excluding hydrogens is 308 g/mol. The third-order valence-corrected chi connectivity index (χ3v) is 6.68. The lowest BCUT2D eigenvalue weighted by atomic mass is 9.91. The third-order valence-electron chi connectivity index (χ3n) is 5.14. The van der Waals surface area contributed by atoms with Gasteiger partial charge in [-0.3, -0.25) is 0 Å². The Kier molecular flexibility index (Phi) is 5.72. The highest BCUT2D eigenvalue weighted by molar-refractivity contribution is 7.89. The molecule has 4 nitrogen and oxygen atoms in total. The van der Waals surface area contributed by atoms with Crippen LogP contribution in [0.2, 0.25) is 0 Å². The van der Waals surface area contributed by atoms with Crippen molar-refractivity contribution in [2.24, 2.45) is 5.92 Å². The first-order valence-electron chi connectivity index (χ1n) is 8.95. The highest BCUT2D eigenvalue weighted by atomic mass is 32.2. The van der Waals surface area contributed by atoms with E-state index in [1.165, 1.54) is 24.8 Å². The first-order chi connectivity index (χ1) is 11.1. The number of piperidine rings is 1. The molecule has 0 amide bonds. The Labute approximate surface area is 140 Å². The molecule has 1 aromatic rings. The molecule has 1 saturated heterocycles. The lowest BCUT2D eigenvalue weighted by Gasteiger charge is -2.23. The standard InChI is InChI=1S/C18H28N2O2S/c21-23(22,20-17-4-2-1-3-5-17)18-8-6-15(7-9-18)14-16-10-12-19-13-11-16/h6-9,16-17,19-20H,1-5,10-14H2. The van der Waals surface area contributed by atoms with E-state index in [1.807, 2.05) is 12.1 Å². The second-order valence-corrected chi connectivity index (χ2v) is 8.71. The van der Waals surface area contributed by atoms with Crippen LogP contribution in [0.1, 0.15) is 50.5 Å². The first-order valence-corrected chi connectivity index (χ1v) is 10.4. The van der Waals surface area contributed by atoms with Gasteiger partial charge in [0, 0.05) is 6.04 Å². The number of nitrogens with one attached hydrogen (secondary N) is 2. The molecule has 3 rings (SSSR count). The Hall–Kier alpha value is -0.910. The van der Waals surface area contributed by atoms with E-state index in [0.717, 1.165) is 51.1 Å². The van der Waals surface area contributed by atoms with E-state index in [2.05, 4.69) is 10.0 Å². The van der Waals surface area contributed by atoms with E-state index >= 15 is 0 Å². The Balaban J connectivity index is 1.60. The van der Waals surface area contributed by atoms with E-state index in [4.69, 9.17) is 0 Å². The van der Waals surface area contributed by atoms with E-state index < -0.39 is 10.0 Å². The largest absolute Gasteiger partial charge is 0.317 e. The van der Waals surface area contributed by atoms with Crippen LogP contribution in [0.4, 0.5) is 0 Å². The molecule has 0 spiro atoms. The Morgan fingerprint density at radius 1 is 0.957 bits per heavy atom. The summed E-state index contributed by atoms with van der Waals surface area (Å²) in [6.45, 7) is 2.20. The van der Waals surface area contributed by atoms with Crippen molar-refractivity contribution in [1.29, 1.82) is 0 Å². The maximum Gasteiger partial charge on any atom is 0.240 e. The van der Waals surface area contributed by atoms with Gasteiger partial charge >= 0.3 is 0 Å². The van der Waals surface area contributed by atoms with Gasteiger partial charge in [-0.2, -0.15) is 0 Å². The fraction of sp³-hybridized carbons (Fsp3) is 0.667. The molecule has 2 aliphatic rings. The van der Waals surface area contributed by atoms with Crippen molar-refractivity contribution >= 4 is 10.0 Å². The smallest absolute Gasteiger partial charge is 0.240 e. The summed E-state index contributed by atoms with van der Waals surface area (Å²) in [5, 5.41) is 3.38. The molecule has 1 saturated carbocycles. The van der Waals surface area contributed by atoms with Crippen LogP contribution in [0.3, 0.4) is 0 Å². The van der Waals surface area contributed by atoms with Crippen molar-refractivity contribution < 1.29 is 8.42 Å². The van der Waals surface area contributed by atoms with Crippen LogP contribution in [-0.2, 0) is 16.4 Å². The van der Waals surface area contributed by atoms with E-state index in [-0.39, 0.29) is 6.04 Å². The van der Waals surface area contributed by atoms with Crippen molar-refractivity contribution in [2.45, 2.75) is 62.3 Å². The summed E-state index contributed by atoms with van der Waals surface area (Å²) in [6.07, 6.45) is 8.89. The van der Waals surface area contributed by atoms with Crippen LogP contribution in [0, 0.1) is 5.92 Å². The molecule has 1 heterocycles. The average Bonchev–Trinajstić information content (AvgIpc) is 2.57. The Morgan fingerprint density at radius 2 is 1.61 bits per heavy atom. The Bertz CT molecular complexity index is 586. The topological polar surface area (TPSA) is 58.2 Å². The van der Waals surface area contributed by atoms with Gasteiger partial charge in [-0.1, -0.05) is 31.4 Å². The predicted molar refractivity (Wildman–Crippen MR) is 92.9 cm³/mol. The fourth-order valence-electron chi connectivity index (χ4n) is 3.73.